The zero-order valence-corrected chi connectivity index (χ0v) is 13.4. The maximum Gasteiger partial charge on any atom is 0.387 e. The molecule has 1 aromatic heterocycles. The van der Waals surface area contributed by atoms with Gasteiger partial charge < -0.3 is 14.8 Å². The minimum atomic E-state index is -2.88. The molecule has 0 fully saturated rings. The number of benzene rings is 1. The second-order valence-electron chi connectivity index (χ2n) is 4.31. The third-order valence-corrected chi connectivity index (χ3v) is 3.19. The SMILES string of the molecule is CCOc1cc(CNc2ccc(Br)cn2)ccc1OC(F)F. The lowest BCUT2D eigenvalue weighted by Gasteiger charge is -2.13. The van der Waals surface area contributed by atoms with Crippen molar-refractivity contribution in [1.82, 2.24) is 4.98 Å². The molecule has 1 heterocycles. The first-order chi connectivity index (χ1) is 10.6. The van der Waals surface area contributed by atoms with Crippen molar-refractivity contribution in [3.63, 3.8) is 0 Å². The van der Waals surface area contributed by atoms with Gasteiger partial charge in [0.25, 0.3) is 0 Å². The van der Waals surface area contributed by atoms with Crippen LogP contribution in [0, 0.1) is 0 Å². The molecular weight excluding hydrogens is 358 g/mol. The van der Waals surface area contributed by atoms with Gasteiger partial charge in [0.1, 0.15) is 5.82 Å². The van der Waals surface area contributed by atoms with Gasteiger partial charge in [0.2, 0.25) is 0 Å². The number of hydrogen-bond acceptors (Lipinski definition) is 4. The molecule has 0 spiro atoms. The summed E-state index contributed by atoms with van der Waals surface area (Å²) in [6.07, 6.45) is 1.69. The highest BCUT2D eigenvalue weighted by molar-refractivity contribution is 9.10. The summed E-state index contributed by atoms with van der Waals surface area (Å²) in [4.78, 5) is 4.20. The number of aromatic nitrogens is 1. The Morgan fingerprint density at radius 3 is 2.68 bits per heavy atom. The third-order valence-electron chi connectivity index (χ3n) is 2.73. The average Bonchev–Trinajstić information content (AvgIpc) is 2.49. The minimum absolute atomic E-state index is 0.0300. The first-order valence-corrected chi connectivity index (χ1v) is 7.43. The summed E-state index contributed by atoms with van der Waals surface area (Å²) in [5.41, 5.74) is 0.870. The Labute approximate surface area is 135 Å². The lowest BCUT2D eigenvalue weighted by atomic mass is 10.2. The van der Waals surface area contributed by atoms with Crippen molar-refractivity contribution in [2.45, 2.75) is 20.1 Å². The van der Waals surface area contributed by atoms with Crippen LogP contribution in [-0.2, 0) is 6.54 Å². The second kappa shape index (κ2) is 7.93. The van der Waals surface area contributed by atoms with Gasteiger partial charge in [-0.1, -0.05) is 6.07 Å². The van der Waals surface area contributed by atoms with E-state index in [2.05, 4.69) is 31.0 Å². The molecule has 0 amide bonds. The van der Waals surface area contributed by atoms with Gasteiger partial charge in [-0.05, 0) is 52.7 Å². The van der Waals surface area contributed by atoms with E-state index in [1.165, 1.54) is 6.07 Å². The lowest BCUT2D eigenvalue weighted by molar-refractivity contribution is -0.0514. The normalized spacial score (nSPS) is 10.6. The van der Waals surface area contributed by atoms with Crippen LogP contribution in [0.25, 0.3) is 0 Å². The van der Waals surface area contributed by atoms with Crippen LogP contribution in [0.1, 0.15) is 12.5 Å². The van der Waals surface area contributed by atoms with Crippen LogP contribution >= 0.6 is 15.9 Å². The first kappa shape index (κ1) is 16.5. The molecule has 118 valence electrons. The quantitative estimate of drug-likeness (QED) is 0.779. The number of nitrogens with one attached hydrogen (secondary N) is 1. The van der Waals surface area contributed by atoms with Gasteiger partial charge in [-0.15, -0.1) is 0 Å². The fourth-order valence-corrected chi connectivity index (χ4v) is 2.03. The van der Waals surface area contributed by atoms with Crippen LogP contribution in [0.3, 0.4) is 0 Å². The highest BCUT2D eigenvalue weighted by Gasteiger charge is 2.11. The van der Waals surface area contributed by atoms with E-state index in [4.69, 9.17) is 4.74 Å². The molecule has 7 heteroatoms. The van der Waals surface area contributed by atoms with Crippen LogP contribution in [0.15, 0.2) is 41.0 Å². The molecule has 0 unspecified atom stereocenters. The topological polar surface area (TPSA) is 43.4 Å². The highest BCUT2D eigenvalue weighted by Crippen LogP contribution is 2.30. The van der Waals surface area contributed by atoms with Gasteiger partial charge in [-0.2, -0.15) is 8.78 Å². The summed E-state index contributed by atoms with van der Waals surface area (Å²) in [5, 5.41) is 3.14. The Hall–Kier alpha value is -1.89. The molecule has 22 heavy (non-hydrogen) atoms. The van der Waals surface area contributed by atoms with E-state index in [0.717, 1.165) is 10.0 Å². The van der Waals surface area contributed by atoms with Crippen LogP contribution < -0.4 is 14.8 Å². The zero-order chi connectivity index (χ0) is 15.9. The van der Waals surface area contributed by atoms with Gasteiger partial charge in [0.15, 0.2) is 11.5 Å². The summed E-state index contributed by atoms with van der Waals surface area (Å²) < 4.78 is 35.3. The van der Waals surface area contributed by atoms with Crippen LogP contribution in [0.2, 0.25) is 0 Å². The molecular formula is C15H15BrF2N2O2. The molecule has 2 rings (SSSR count). The van der Waals surface area contributed by atoms with E-state index < -0.39 is 6.61 Å². The molecule has 0 aliphatic rings. The van der Waals surface area contributed by atoms with Crippen LogP contribution in [0.4, 0.5) is 14.6 Å². The maximum absolute atomic E-state index is 12.3. The van der Waals surface area contributed by atoms with Crippen LogP contribution in [0.5, 0.6) is 11.5 Å². The standard InChI is InChI=1S/C15H15BrF2N2O2/c1-2-21-13-7-10(3-5-12(13)22-15(17)18)8-19-14-6-4-11(16)9-20-14/h3-7,9,15H,2,8H2,1H3,(H,19,20). The molecule has 1 aromatic carbocycles. The van der Waals surface area contributed by atoms with Gasteiger partial charge in [-0.25, -0.2) is 4.98 Å². The molecule has 4 nitrogen and oxygen atoms in total. The summed E-state index contributed by atoms with van der Waals surface area (Å²) in [7, 11) is 0. The van der Waals surface area contributed by atoms with Gasteiger partial charge in [-0.3, -0.25) is 0 Å². The number of alkyl halides is 2. The fraction of sp³-hybridized carbons (Fsp3) is 0.267. The number of pyridine rings is 1. The molecule has 0 saturated heterocycles. The smallest absolute Gasteiger partial charge is 0.387 e. The Morgan fingerprint density at radius 1 is 1.23 bits per heavy atom. The summed E-state index contributed by atoms with van der Waals surface area (Å²) in [6.45, 7) is -0.243. The number of anilines is 1. The van der Waals surface area contributed by atoms with Crippen LogP contribution in [-0.4, -0.2) is 18.2 Å². The predicted molar refractivity (Wildman–Crippen MR) is 83.5 cm³/mol. The molecule has 0 bridgehead atoms. The molecule has 1 N–H and O–H groups in total. The second-order valence-corrected chi connectivity index (χ2v) is 5.22. The van der Waals surface area contributed by atoms with E-state index in [1.807, 2.05) is 12.1 Å². The maximum atomic E-state index is 12.3. The number of rotatable bonds is 7. The molecule has 0 atom stereocenters. The van der Waals surface area contributed by atoms with Gasteiger partial charge in [0.05, 0.1) is 6.61 Å². The summed E-state index contributed by atoms with van der Waals surface area (Å²) in [6, 6.07) is 8.56. The molecule has 0 aliphatic carbocycles. The Morgan fingerprint density at radius 2 is 2.05 bits per heavy atom. The monoisotopic (exact) mass is 372 g/mol. The largest absolute Gasteiger partial charge is 0.490 e. The van der Waals surface area contributed by atoms with Gasteiger partial charge >= 0.3 is 6.61 Å². The molecule has 0 aliphatic heterocycles. The van der Waals surface area contributed by atoms with Crippen molar-refractivity contribution in [2.75, 3.05) is 11.9 Å². The van der Waals surface area contributed by atoms with E-state index in [0.29, 0.717) is 24.7 Å². The fourth-order valence-electron chi connectivity index (χ4n) is 1.80. The van der Waals surface area contributed by atoms with Crippen molar-refractivity contribution in [3.8, 4) is 11.5 Å². The van der Waals surface area contributed by atoms with E-state index >= 15 is 0 Å². The summed E-state index contributed by atoms with van der Waals surface area (Å²) in [5.74, 6) is 1.04. The van der Waals surface area contributed by atoms with E-state index in [9.17, 15) is 8.78 Å². The third kappa shape index (κ3) is 4.84. The zero-order valence-electron chi connectivity index (χ0n) is 11.9. The van der Waals surface area contributed by atoms with Crippen molar-refractivity contribution in [3.05, 3.63) is 46.6 Å². The Bertz CT molecular complexity index is 609. The Balaban J connectivity index is 2.07. The van der Waals surface area contributed by atoms with Crippen molar-refractivity contribution >= 4 is 21.7 Å². The first-order valence-electron chi connectivity index (χ1n) is 6.64. The van der Waals surface area contributed by atoms with Crippen molar-refractivity contribution in [1.29, 1.82) is 0 Å². The van der Waals surface area contributed by atoms with Crippen molar-refractivity contribution in [2.24, 2.45) is 0 Å². The van der Waals surface area contributed by atoms with E-state index in [1.54, 1.807) is 25.3 Å². The highest BCUT2D eigenvalue weighted by atomic mass is 79.9. The van der Waals surface area contributed by atoms with E-state index in [-0.39, 0.29) is 5.75 Å². The molecule has 0 radical (unpaired) electrons. The lowest BCUT2D eigenvalue weighted by Crippen LogP contribution is -2.06. The molecule has 0 saturated carbocycles. The minimum Gasteiger partial charge on any atom is -0.490 e. The average molecular weight is 373 g/mol. The summed E-state index contributed by atoms with van der Waals surface area (Å²) >= 11 is 3.31. The van der Waals surface area contributed by atoms with Gasteiger partial charge in [0, 0.05) is 17.2 Å². The Kier molecular flexibility index (Phi) is 5.94. The number of nitrogens with zero attached hydrogens (tertiary/aromatic N) is 1. The number of hydrogen-bond donors (Lipinski definition) is 1. The number of halogens is 3. The molecule has 2 aromatic rings. The number of ether oxygens (including phenoxy) is 2. The predicted octanol–water partition coefficient (Wildman–Crippen LogP) is 4.46. The van der Waals surface area contributed by atoms with Crippen molar-refractivity contribution < 1.29 is 18.3 Å².